The first-order valence-electron chi connectivity index (χ1n) is 5.33. The molecular formula is C11H13N3O. The van der Waals surface area contributed by atoms with E-state index in [4.69, 9.17) is 0 Å². The quantitative estimate of drug-likeness (QED) is 0.729. The molecule has 0 aromatic carbocycles. The van der Waals surface area contributed by atoms with Crippen molar-refractivity contribution in [3.8, 4) is 0 Å². The Bertz CT molecular complexity index is 401. The smallest absolute Gasteiger partial charge is 0.226 e. The van der Waals surface area contributed by atoms with Crippen LogP contribution in [0.3, 0.4) is 0 Å². The fourth-order valence-corrected chi connectivity index (χ4v) is 2.05. The molecule has 0 saturated heterocycles. The van der Waals surface area contributed by atoms with Crippen molar-refractivity contribution in [3.05, 3.63) is 18.5 Å². The van der Waals surface area contributed by atoms with Gasteiger partial charge in [-0.15, -0.1) is 0 Å². The maximum atomic E-state index is 11.6. The van der Waals surface area contributed by atoms with Gasteiger partial charge in [-0.25, -0.2) is 0 Å². The molecule has 2 heterocycles. The molecule has 1 aliphatic heterocycles. The normalized spacial score (nSPS) is 24.8. The van der Waals surface area contributed by atoms with E-state index in [2.05, 4.69) is 15.6 Å². The topological polar surface area (TPSA) is 54.0 Å². The van der Waals surface area contributed by atoms with Gasteiger partial charge in [-0.3, -0.25) is 9.78 Å². The van der Waals surface area contributed by atoms with Gasteiger partial charge in [0.1, 0.15) is 0 Å². The third kappa shape index (κ3) is 1.67. The van der Waals surface area contributed by atoms with Crippen LogP contribution < -0.4 is 10.6 Å². The number of rotatable bonds is 1. The minimum Gasteiger partial charge on any atom is -0.380 e. The van der Waals surface area contributed by atoms with Crippen molar-refractivity contribution in [2.75, 3.05) is 10.6 Å². The zero-order chi connectivity index (χ0) is 10.3. The summed E-state index contributed by atoms with van der Waals surface area (Å²) in [5, 5.41) is 6.30. The Balaban J connectivity index is 1.93. The molecule has 2 N–H and O–H groups in total. The van der Waals surface area contributed by atoms with E-state index in [0.29, 0.717) is 18.4 Å². The van der Waals surface area contributed by atoms with Gasteiger partial charge in [0.15, 0.2) is 0 Å². The highest BCUT2D eigenvalue weighted by atomic mass is 16.1. The van der Waals surface area contributed by atoms with Crippen LogP contribution in [0.2, 0.25) is 0 Å². The van der Waals surface area contributed by atoms with Crippen LogP contribution >= 0.6 is 0 Å². The third-order valence-corrected chi connectivity index (χ3v) is 3.03. The van der Waals surface area contributed by atoms with Gasteiger partial charge in [0, 0.05) is 18.7 Å². The van der Waals surface area contributed by atoms with Crippen molar-refractivity contribution < 1.29 is 4.79 Å². The number of aromatic nitrogens is 1. The molecule has 15 heavy (non-hydrogen) atoms. The van der Waals surface area contributed by atoms with Crippen LogP contribution in [0.15, 0.2) is 18.5 Å². The molecule has 4 nitrogen and oxygen atoms in total. The van der Waals surface area contributed by atoms with E-state index in [1.54, 1.807) is 12.4 Å². The van der Waals surface area contributed by atoms with Crippen molar-refractivity contribution >= 4 is 17.3 Å². The summed E-state index contributed by atoms with van der Waals surface area (Å²) >= 11 is 0. The number of pyridine rings is 1. The molecule has 78 valence electrons. The molecule has 1 atom stereocenters. The molecule has 1 saturated carbocycles. The van der Waals surface area contributed by atoms with Crippen LogP contribution in [-0.4, -0.2) is 16.9 Å². The third-order valence-electron chi connectivity index (χ3n) is 3.03. The summed E-state index contributed by atoms with van der Waals surface area (Å²) in [4.78, 5) is 15.6. The van der Waals surface area contributed by atoms with Gasteiger partial charge >= 0.3 is 0 Å². The number of hydrogen-bond donors (Lipinski definition) is 2. The molecule has 0 bridgehead atoms. The molecule has 1 amide bonds. The number of nitrogens with one attached hydrogen (secondary N) is 2. The lowest BCUT2D eigenvalue weighted by Crippen LogP contribution is -2.24. The second-order valence-electron chi connectivity index (χ2n) is 4.26. The molecule has 2 aliphatic rings. The molecule has 0 radical (unpaired) electrons. The largest absolute Gasteiger partial charge is 0.380 e. The van der Waals surface area contributed by atoms with E-state index < -0.39 is 0 Å². The summed E-state index contributed by atoms with van der Waals surface area (Å²) < 4.78 is 0. The summed E-state index contributed by atoms with van der Waals surface area (Å²) in [5.41, 5.74) is 1.79. The molecule has 1 fully saturated rings. The highest BCUT2D eigenvalue weighted by molar-refractivity contribution is 5.96. The second-order valence-corrected chi connectivity index (χ2v) is 4.26. The second kappa shape index (κ2) is 3.22. The first kappa shape index (κ1) is 8.71. The standard InChI is InChI=1S/C11H13N3O/c15-11-5-9(7-1-2-7)13-8-3-4-12-6-10(8)14-11/h3-4,6-7,9,13H,1-2,5H2,(H,14,15). The fourth-order valence-electron chi connectivity index (χ4n) is 2.05. The van der Waals surface area contributed by atoms with Crippen LogP contribution in [0.25, 0.3) is 0 Å². The molecular weight excluding hydrogens is 190 g/mol. The molecule has 1 aliphatic carbocycles. The van der Waals surface area contributed by atoms with Gasteiger partial charge in [-0.2, -0.15) is 0 Å². The maximum absolute atomic E-state index is 11.6. The average molecular weight is 203 g/mol. The van der Waals surface area contributed by atoms with Gasteiger partial charge in [-0.05, 0) is 24.8 Å². The Hall–Kier alpha value is -1.58. The highest BCUT2D eigenvalue weighted by Crippen LogP contribution is 2.38. The molecule has 1 unspecified atom stereocenters. The molecule has 0 spiro atoms. The highest BCUT2D eigenvalue weighted by Gasteiger charge is 2.34. The number of carbonyl (C=O) groups excluding carboxylic acids is 1. The summed E-state index contributed by atoms with van der Waals surface area (Å²) in [6.45, 7) is 0. The van der Waals surface area contributed by atoms with Gasteiger partial charge in [-0.1, -0.05) is 0 Å². The van der Waals surface area contributed by atoms with Crippen molar-refractivity contribution in [2.24, 2.45) is 5.92 Å². The first-order valence-corrected chi connectivity index (χ1v) is 5.33. The Kier molecular flexibility index (Phi) is 1.87. The van der Waals surface area contributed by atoms with E-state index in [1.165, 1.54) is 12.8 Å². The van der Waals surface area contributed by atoms with Gasteiger partial charge in [0.05, 0.1) is 17.6 Å². The van der Waals surface area contributed by atoms with E-state index in [1.807, 2.05) is 6.07 Å². The van der Waals surface area contributed by atoms with Crippen molar-refractivity contribution in [2.45, 2.75) is 25.3 Å². The molecule has 4 heteroatoms. The minimum absolute atomic E-state index is 0.0890. The van der Waals surface area contributed by atoms with Gasteiger partial charge in [0.25, 0.3) is 0 Å². The zero-order valence-corrected chi connectivity index (χ0v) is 8.36. The van der Waals surface area contributed by atoms with Crippen LogP contribution in [0.5, 0.6) is 0 Å². The van der Waals surface area contributed by atoms with Crippen LogP contribution in [-0.2, 0) is 4.79 Å². The van der Waals surface area contributed by atoms with Crippen LogP contribution in [0.1, 0.15) is 19.3 Å². The number of anilines is 2. The number of carbonyl (C=O) groups is 1. The Morgan fingerprint density at radius 1 is 1.33 bits per heavy atom. The Morgan fingerprint density at radius 2 is 2.20 bits per heavy atom. The summed E-state index contributed by atoms with van der Waals surface area (Å²) in [7, 11) is 0. The predicted octanol–water partition coefficient (Wildman–Crippen LogP) is 1.61. The Morgan fingerprint density at radius 3 is 3.00 bits per heavy atom. The van der Waals surface area contributed by atoms with E-state index in [9.17, 15) is 4.79 Å². The van der Waals surface area contributed by atoms with E-state index in [-0.39, 0.29) is 5.91 Å². The van der Waals surface area contributed by atoms with Crippen LogP contribution in [0.4, 0.5) is 11.4 Å². The average Bonchev–Trinajstić information content (AvgIpc) is 3.02. The number of hydrogen-bond acceptors (Lipinski definition) is 3. The fraction of sp³-hybridized carbons (Fsp3) is 0.455. The lowest BCUT2D eigenvalue weighted by molar-refractivity contribution is -0.116. The number of fused-ring (bicyclic) bond motifs is 1. The van der Waals surface area contributed by atoms with E-state index >= 15 is 0 Å². The lowest BCUT2D eigenvalue weighted by Gasteiger charge is -2.15. The Labute approximate surface area is 88.1 Å². The zero-order valence-electron chi connectivity index (χ0n) is 8.36. The predicted molar refractivity (Wildman–Crippen MR) is 57.6 cm³/mol. The van der Waals surface area contributed by atoms with Gasteiger partial charge < -0.3 is 10.6 Å². The molecule has 3 rings (SSSR count). The monoisotopic (exact) mass is 203 g/mol. The summed E-state index contributed by atoms with van der Waals surface area (Å²) in [6.07, 6.45) is 6.48. The molecule has 1 aromatic rings. The SMILES string of the molecule is O=C1CC(C2CC2)Nc2ccncc2N1. The van der Waals surface area contributed by atoms with E-state index in [0.717, 1.165) is 11.4 Å². The van der Waals surface area contributed by atoms with Crippen molar-refractivity contribution in [1.82, 2.24) is 4.98 Å². The number of amides is 1. The van der Waals surface area contributed by atoms with Gasteiger partial charge in [0.2, 0.25) is 5.91 Å². The van der Waals surface area contributed by atoms with Crippen molar-refractivity contribution in [1.29, 1.82) is 0 Å². The minimum atomic E-state index is 0.0890. The lowest BCUT2D eigenvalue weighted by atomic mass is 10.1. The number of nitrogens with zero attached hydrogens (tertiary/aromatic N) is 1. The molecule has 1 aromatic heterocycles. The maximum Gasteiger partial charge on any atom is 0.226 e. The van der Waals surface area contributed by atoms with Crippen LogP contribution in [0, 0.1) is 5.92 Å². The summed E-state index contributed by atoms with van der Waals surface area (Å²) in [5.74, 6) is 0.765. The summed E-state index contributed by atoms with van der Waals surface area (Å²) in [6, 6.07) is 2.21. The van der Waals surface area contributed by atoms with Crippen molar-refractivity contribution in [3.63, 3.8) is 0 Å². The first-order chi connectivity index (χ1) is 7.33.